The van der Waals surface area contributed by atoms with E-state index in [4.69, 9.17) is 0 Å². The SMILES string of the molecule is CCC(CC)N1CCCC(CCBr)C1. The molecule has 1 rings (SSSR count). The fraction of sp³-hybridized carbons (Fsp3) is 1.00. The van der Waals surface area contributed by atoms with Gasteiger partial charge in [0.1, 0.15) is 0 Å². The van der Waals surface area contributed by atoms with Crippen LogP contribution in [0.25, 0.3) is 0 Å². The van der Waals surface area contributed by atoms with Gasteiger partial charge in [0.05, 0.1) is 0 Å². The highest BCUT2D eigenvalue weighted by Crippen LogP contribution is 2.23. The van der Waals surface area contributed by atoms with Crippen LogP contribution in [0, 0.1) is 5.92 Å². The lowest BCUT2D eigenvalue weighted by molar-refractivity contribution is 0.116. The molecule has 0 amide bonds. The van der Waals surface area contributed by atoms with Gasteiger partial charge in [-0.25, -0.2) is 0 Å². The van der Waals surface area contributed by atoms with Crippen molar-refractivity contribution in [1.82, 2.24) is 4.90 Å². The van der Waals surface area contributed by atoms with Crippen molar-refractivity contribution in [2.45, 2.75) is 52.0 Å². The fourth-order valence-corrected chi connectivity index (χ4v) is 3.27. The first kappa shape index (κ1) is 12.5. The Labute approximate surface area is 97.4 Å². The molecule has 14 heavy (non-hydrogen) atoms. The van der Waals surface area contributed by atoms with Gasteiger partial charge in [-0.2, -0.15) is 0 Å². The van der Waals surface area contributed by atoms with Crippen LogP contribution in [-0.4, -0.2) is 29.4 Å². The molecule has 0 bridgehead atoms. The third kappa shape index (κ3) is 3.54. The van der Waals surface area contributed by atoms with E-state index in [1.807, 2.05) is 0 Å². The topological polar surface area (TPSA) is 3.24 Å². The van der Waals surface area contributed by atoms with Crippen molar-refractivity contribution in [2.24, 2.45) is 5.92 Å². The van der Waals surface area contributed by atoms with Gasteiger partial charge in [-0.1, -0.05) is 29.8 Å². The molecular weight excluding hydrogens is 238 g/mol. The molecule has 1 atom stereocenters. The van der Waals surface area contributed by atoms with E-state index in [0.717, 1.165) is 12.0 Å². The van der Waals surface area contributed by atoms with Gasteiger partial charge >= 0.3 is 0 Å². The first-order chi connectivity index (χ1) is 6.81. The van der Waals surface area contributed by atoms with E-state index in [1.165, 1.54) is 50.5 Å². The molecule has 1 aliphatic rings. The fourth-order valence-electron chi connectivity index (χ4n) is 2.62. The smallest absolute Gasteiger partial charge is 0.00901 e. The average molecular weight is 262 g/mol. The van der Waals surface area contributed by atoms with Gasteiger partial charge in [0.25, 0.3) is 0 Å². The van der Waals surface area contributed by atoms with E-state index in [9.17, 15) is 0 Å². The van der Waals surface area contributed by atoms with E-state index in [0.29, 0.717) is 0 Å². The highest BCUT2D eigenvalue weighted by molar-refractivity contribution is 9.09. The third-order valence-electron chi connectivity index (χ3n) is 3.53. The Hall–Kier alpha value is 0.440. The molecule has 1 nitrogen and oxygen atoms in total. The zero-order valence-electron chi connectivity index (χ0n) is 9.64. The monoisotopic (exact) mass is 261 g/mol. The number of hydrogen-bond donors (Lipinski definition) is 0. The van der Waals surface area contributed by atoms with Crippen molar-refractivity contribution in [2.75, 3.05) is 18.4 Å². The minimum atomic E-state index is 0.841. The molecule has 2 heteroatoms. The summed E-state index contributed by atoms with van der Waals surface area (Å²) in [6.07, 6.45) is 6.85. The minimum absolute atomic E-state index is 0.841. The lowest BCUT2D eigenvalue weighted by atomic mass is 9.93. The van der Waals surface area contributed by atoms with Crippen LogP contribution < -0.4 is 0 Å². The number of piperidine rings is 1. The summed E-state index contributed by atoms with van der Waals surface area (Å²) >= 11 is 3.56. The molecule has 0 saturated carbocycles. The molecule has 0 radical (unpaired) electrons. The maximum Gasteiger partial charge on any atom is 0.00901 e. The number of nitrogens with zero attached hydrogens (tertiary/aromatic N) is 1. The van der Waals surface area contributed by atoms with Crippen molar-refractivity contribution in [3.63, 3.8) is 0 Å². The molecule has 1 fully saturated rings. The molecular formula is C12H24BrN. The Morgan fingerprint density at radius 2 is 2.07 bits per heavy atom. The van der Waals surface area contributed by atoms with E-state index in [-0.39, 0.29) is 0 Å². The molecule has 0 aromatic heterocycles. The van der Waals surface area contributed by atoms with Crippen molar-refractivity contribution in [1.29, 1.82) is 0 Å². The summed E-state index contributed by atoms with van der Waals surface area (Å²) in [4.78, 5) is 2.72. The number of alkyl halides is 1. The van der Waals surface area contributed by atoms with Crippen LogP contribution in [0.1, 0.15) is 46.0 Å². The second-order valence-corrected chi connectivity index (χ2v) is 5.24. The molecule has 1 unspecified atom stereocenters. The molecule has 0 N–H and O–H groups in total. The van der Waals surface area contributed by atoms with Crippen molar-refractivity contribution in [3.8, 4) is 0 Å². The van der Waals surface area contributed by atoms with Gasteiger partial charge in [0.2, 0.25) is 0 Å². The van der Waals surface area contributed by atoms with Crippen LogP contribution in [0.4, 0.5) is 0 Å². The average Bonchev–Trinajstić information content (AvgIpc) is 2.21. The molecule has 0 spiro atoms. The van der Waals surface area contributed by atoms with Crippen molar-refractivity contribution in [3.05, 3.63) is 0 Å². The van der Waals surface area contributed by atoms with Gasteiger partial charge < -0.3 is 4.90 Å². The van der Waals surface area contributed by atoms with Gasteiger partial charge in [-0.15, -0.1) is 0 Å². The second kappa shape index (κ2) is 6.84. The number of halogens is 1. The largest absolute Gasteiger partial charge is 0.300 e. The minimum Gasteiger partial charge on any atom is -0.300 e. The lowest BCUT2D eigenvalue weighted by Crippen LogP contribution is -2.42. The van der Waals surface area contributed by atoms with Crippen LogP contribution in [0.3, 0.4) is 0 Å². The highest BCUT2D eigenvalue weighted by Gasteiger charge is 2.23. The van der Waals surface area contributed by atoms with E-state index in [2.05, 4.69) is 34.7 Å². The van der Waals surface area contributed by atoms with Crippen LogP contribution >= 0.6 is 15.9 Å². The predicted molar refractivity (Wildman–Crippen MR) is 67.1 cm³/mol. The van der Waals surface area contributed by atoms with Gasteiger partial charge in [-0.05, 0) is 44.6 Å². The van der Waals surface area contributed by atoms with Crippen molar-refractivity contribution >= 4 is 15.9 Å². The third-order valence-corrected chi connectivity index (χ3v) is 3.98. The Morgan fingerprint density at radius 1 is 1.36 bits per heavy atom. The summed E-state index contributed by atoms with van der Waals surface area (Å²) in [6.45, 7) is 7.33. The highest BCUT2D eigenvalue weighted by atomic mass is 79.9. The quantitative estimate of drug-likeness (QED) is 0.683. The summed E-state index contributed by atoms with van der Waals surface area (Å²) in [5.74, 6) is 0.948. The second-order valence-electron chi connectivity index (χ2n) is 4.45. The zero-order valence-corrected chi connectivity index (χ0v) is 11.2. The van der Waals surface area contributed by atoms with Crippen LogP contribution in [0.5, 0.6) is 0 Å². The molecule has 84 valence electrons. The first-order valence-corrected chi connectivity index (χ1v) is 7.23. The molecule has 0 aromatic rings. The normalized spacial score (nSPS) is 24.4. The number of hydrogen-bond acceptors (Lipinski definition) is 1. The standard InChI is InChI=1S/C12H24BrN/c1-3-12(4-2)14-9-5-6-11(10-14)7-8-13/h11-12H,3-10H2,1-2H3. The Balaban J connectivity index is 2.38. The van der Waals surface area contributed by atoms with Crippen LogP contribution in [0.15, 0.2) is 0 Å². The molecule has 1 saturated heterocycles. The van der Waals surface area contributed by atoms with Gasteiger partial charge in [-0.3, -0.25) is 0 Å². The van der Waals surface area contributed by atoms with E-state index in [1.54, 1.807) is 0 Å². The first-order valence-electron chi connectivity index (χ1n) is 6.11. The Morgan fingerprint density at radius 3 is 2.64 bits per heavy atom. The summed E-state index contributed by atoms with van der Waals surface area (Å²) in [5, 5.41) is 1.18. The number of likely N-dealkylation sites (tertiary alicyclic amines) is 1. The van der Waals surface area contributed by atoms with E-state index >= 15 is 0 Å². The molecule has 0 aliphatic carbocycles. The summed E-state index contributed by atoms with van der Waals surface area (Å²) < 4.78 is 0. The van der Waals surface area contributed by atoms with E-state index < -0.39 is 0 Å². The number of rotatable bonds is 5. The summed E-state index contributed by atoms with van der Waals surface area (Å²) in [7, 11) is 0. The predicted octanol–water partition coefficient (Wildman–Crippen LogP) is 3.67. The lowest BCUT2D eigenvalue weighted by Gasteiger charge is -2.37. The van der Waals surface area contributed by atoms with Gasteiger partial charge in [0.15, 0.2) is 0 Å². The maximum atomic E-state index is 3.56. The van der Waals surface area contributed by atoms with Gasteiger partial charge in [0, 0.05) is 17.9 Å². The Kier molecular flexibility index (Phi) is 6.11. The van der Waals surface area contributed by atoms with Crippen LogP contribution in [-0.2, 0) is 0 Å². The maximum absolute atomic E-state index is 3.56. The summed E-state index contributed by atoms with van der Waals surface area (Å²) in [6, 6.07) is 0.841. The molecule has 0 aromatic carbocycles. The zero-order chi connectivity index (χ0) is 10.4. The van der Waals surface area contributed by atoms with Crippen LogP contribution in [0.2, 0.25) is 0 Å². The molecule has 1 heterocycles. The summed E-state index contributed by atoms with van der Waals surface area (Å²) in [5.41, 5.74) is 0. The van der Waals surface area contributed by atoms with Crippen molar-refractivity contribution < 1.29 is 0 Å². The Bertz CT molecular complexity index is 143. The molecule has 1 aliphatic heterocycles.